The summed E-state index contributed by atoms with van der Waals surface area (Å²) in [7, 11) is 0. The molecule has 3 nitrogen and oxygen atoms in total. The van der Waals surface area contributed by atoms with Gasteiger partial charge in [-0.25, -0.2) is 8.78 Å². The number of carbonyl (C=O) groups excluding carboxylic acids is 1. The van der Waals surface area contributed by atoms with Crippen LogP contribution in [0.4, 0.5) is 8.78 Å². The number of halogens is 2. The Balaban J connectivity index is 2.73. The third kappa shape index (κ3) is 4.16. The largest absolute Gasteiger partial charge is 0.395 e. The quantitative estimate of drug-likeness (QED) is 0.758. The van der Waals surface area contributed by atoms with Crippen LogP contribution in [0.5, 0.6) is 0 Å². The fraction of sp³-hybridized carbons (Fsp3) is 0.462. The Morgan fingerprint density at radius 1 is 1.33 bits per heavy atom. The van der Waals surface area contributed by atoms with Crippen LogP contribution in [0, 0.1) is 11.6 Å². The first kappa shape index (κ1) is 14.7. The van der Waals surface area contributed by atoms with Gasteiger partial charge in [0.15, 0.2) is 5.78 Å². The molecule has 0 bridgehead atoms. The number of aliphatic hydroxyl groups is 1. The van der Waals surface area contributed by atoms with E-state index in [1.165, 1.54) is 0 Å². The lowest BCUT2D eigenvalue weighted by Gasteiger charge is -2.19. The van der Waals surface area contributed by atoms with Crippen LogP contribution in [-0.2, 0) is 0 Å². The molecule has 0 spiro atoms. The Morgan fingerprint density at radius 3 is 2.61 bits per heavy atom. The molecular formula is C13H17F2NO2. The molecule has 0 aromatic heterocycles. The van der Waals surface area contributed by atoms with E-state index < -0.39 is 17.4 Å². The number of hydrogen-bond donors (Lipinski definition) is 1. The van der Waals surface area contributed by atoms with Gasteiger partial charge in [0, 0.05) is 12.6 Å². The van der Waals surface area contributed by atoms with Crippen LogP contribution in [0.2, 0.25) is 0 Å². The maximum Gasteiger partial charge on any atom is 0.179 e. The molecule has 1 N–H and O–H groups in total. The number of Topliss-reactive ketones (excluding diaryl/α,β-unsaturated/α-hetero) is 1. The maximum atomic E-state index is 13.4. The minimum absolute atomic E-state index is 0.0248. The Morgan fingerprint density at radius 2 is 2.06 bits per heavy atom. The van der Waals surface area contributed by atoms with E-state index in [9.17, 15) is 13.6 Å². The van der Waals surface area contributed by atoms with E-state index >= 15 is 0 Å². The standard InChI is InChI=1S/C13H17F2NO2/c1-2-5-16(6-7-17)9-13(18)11-4-3-10(14)8-12(11)15/h3-4,8,17H,2,5-7,9H2,1H3. The van der Waals surface area contributed by atoms with E-state index in [1.54, 1.807) is 4.90 Å². The zero-order chi connectivity index (χ0) is 13.5. The highest BCUT2D eigenvalue weighted by atomic mass is 19.1. The second kappa shape index (κ2) is 7.18. The number of ketones is 1. The number of rotatable bonds is 7. The van der Waals surface area contributed by atoms with Gasteiger partial charge in [0.2, 0.25) is 0 Å². The number of nitrogens with zero attached hydrogens (tertiary/aromatic N) is 1. The highest BCUT2D eigenvalue weighted by Crippen LogP contribution is 2.11. The van der Waals surface area contributed by atoms with Crippen molar-refractivity contribution in [3.8, 4) is 0 Å². The van der Waals surface area contributed by atoms with Gasteiger partial charge in [-0.05, 0) is 25.1 Å². The second-order valence-corrected chi connectivity index (χ2v) is 4.05. The van der Waals surface area contributed by atoms with Crippen molar-refractivity contribution in [1.29, 1.82) is 0 Å². The third-order valence-electron chi connectivity index (χ3n) is 2.55. The molecule has 0 heterocycles. The van der Waals surface area contributed by atoms with Crippen molar-refractivity contribution < 1.29 is 18.7 Å². The van der Waals surface area contributed by atoms with E-state index in [0.29, 0.717) is 19.2 Å². The summed E-state index contributed by atoms with van der Waals surface area (Å²) >= 11 is 0. The summed E-state index contributed by atoms with van der Waals surface area (Å²) in [5, 5.41) is 8.86. The Kier molecular flexibility index (Phi) is 5.88. The second-order valence-electron chi connectivity index (χ2n) is 4.05. The lowest BCUT2D eigenvalue weighted by atomic mass is 10.1. The van der Waals surface area contributed by atoms with Crippen LogP contribution in [0.25, 0.3) is 0 Å². The summed E-state index contributed by atoms with van der Waals surface area (Å²) in [6, 6.07) is 2.91. The minimum atomic E-state index is -0.847. The van der Waals surface area contributed by atoms with Gasteiger partial charge >= 0.3 is 0 Å². The summed E-state index contributed by atoms with van der Waals surface area (Å²) in [4.78, 5) is 13.6. The highest BCUT2D eigenvalue weighted by Gasteiger charge is 2.15. The third-order valence-corrected chi connectivity index (χ3v) is 2.55. The normalized spacial score (nSPS) is 10.9. The van der Waals surface area contributed by atoms with Crippen molar-refractivity contribution in [2.75, 3.05) is 26.2 Å². The summed E-state index contributed by atoms with van der Waals surface area (Å²) in [6.45, 7) is 2.93. The van der Waals surface area contributed by atoms with Crippen molar-refractivity contribution >= 4 is 5.78 Å². The first-order chi connectivity index (χ1) is 8.58. The zero-order valence-electron chi connectivity index (χ0n) is 10.3. The minimum Gasteiger partial charge on any atom is -0.395 e. The van der Waals surface area contributed by atoms with Crippen LogP contribution in [0.15, 0.2) is 18.2 Å². The number of benzene rings is 1. The molecule has 0 aliphatic heterocycles. The molecule has 100 valence electrons. The molecule has 0 aliphatic carbocycles. The monoisotopic (exact) mass is 257 g/mol. The SMILES string of the molecule is CCCN(CCO)CC(=O)c1ccc(F)cc1F. The van der Waals surface area contributed by atoms with E-state index in [0.717, 1.165) is 18.6 Å². The topological polar surface area (TPSA) is 40.5 Å². The first-order valence-corrected chi connectivity index (χ1v) is 5.90. The predicted molar refractivity (Wildman–Crippen MR) is 64.5 cm³/mol. The fourth-order valence-electron chi connectivity index (χ4n) is 1.73. The van der Waals surface area contributed by atoms with Crippen molar-refractivity contribution in [3.63, 3.8) is 0 Å². The Hall–Kier alpha value is -1.33. The lowest BCUT2D eigenvalue weighted by molar-refractivity contribution is 0.0911. The number of hydrogen-bond acceptors (Lipinski definition) is 3. The van der Waals surface area contributed by atoms with Gasteiger partial charge in [0.25, 0.3) is 0 Å². The van der Waals surface area contributed by atoms with Crippen LogP contribution in [0.1, 0.15) is 23.7 Å². The van der Waals surface area contributed by atoms with Crippen LogP contribution >= 0.6 is 0 Å². The summed E-state index contributed by atoms with van der Waals surface area (Å²) in [6.07, 6.45) is 0.833. The molecule has 0 unspecified atom stereocenters. The van der Waals surface area contributed by atoms with Gasteiger partial charge in [-0.1, -0.05) is 6.92 Å². The van der Waals surface area contributed by atoms with Crippen LogP contribution in [-0.4, -0.2) is 42.0 Å². The average molecular weight is 257 g/mol. The maximum absolute atomic E-state index is 13.4. The molecular weight excluding hydrogens is 240 g/mol. The number of carbonyl (C=O) groups is 1. The molecule has 0 saturated heterocycles. The first-order valence-electron chi connectivity index (χ1n) is 5.90. The summed E-state index contributed by atoms with van der Waals surface area (Å²) < 4.78 is 26.1. The molecule has 0 radical (unpaired) electrons. The Labute approximate surface area is 105 Å². The molecule has 0 saturated carbocycles. The van der Waals surface area contributed by atoms with Gasteiger partial charge in [-0.3, -0.25) is 9.69 Å². The van der Waals surface area contributed by atoms with Crippen molar-refractivity contribution in [3.05, 3.63) is 35.4 Å². The molecule has 0 atom stereocenters. The van der Waals surface area contributed by atoms with E-state index in [2.05, 4.69) is 0 Å². The van der Waals surface area contributed by atoms with E-state index in [4.69, 9.17) is 5.11 Å². The van der Waals surface area contributed by atoms with Crippen molar-refractivity contribution in [2.45, 2.75) is 13.3 Å². The molecule has 0 fully saturated rings. The molecule has 5 heteroatoms. The van der Waals surface area contributed by atoms with Gasteiger partial charge < -0.3 is 5.11 Å². The summed E-state index contributed by atoms with van der Waals surface area (Å²) in [5.41, 5.74) is -0.115. The smallest absolute Gasteiger partial charge is 0.179 e. The predicted octanol–water partition coefficient (Wildman–Crippen LogP) is 1.85. The van der Waals surface area contributed by atoms with Gasteiger partial charge in [-0.2, -0.15) is 0 Å². The zero-order valence-corrected chi connectivity index (χ0v) is 10.3. The molecule has 0 aliphatic rings. The Bertz CT molecular complexity index is 404. The van der Waals surface area contributed by atoms with Crippen LogP contribution < -0.4 is 0 Å². The summed E-state index contributed by atoms with van der Waals surface area (Å²) in [5.74, 6) is -1.96. The highest BCUT2D eigenvalue weighted by molar-refractivity contribution is 5.97. The van der Waals surface area contributed by atoms with Crippen LogP contribution in [0.3, 0.4) is 0 Å². The molecule has 0 amide bonds. The molecule has 18 heavy (non-hydrogen) atoms. The lowest BCUT2D eigenvalue weighted by Crippen LogP contribution is -2.33. The van der Waals surface area contributed by atoms with Gasteiger partial charge in [-0.15, -0.1) is 0 Å². The van der Waals surface area contributed by atoms with Crippen molar-refractivity contribution in [2.24, 2.45) is 0 Å². The van der Waals surface area contributed by atoms with Crippen molar-refractivity contribution in [1.82, 2.24) is 4.90 Å². The molecule has 1 aromatic rings. The molecule has 1 rings (SSSR count). The molecule has 1 aromatic carbocycles. The fourth-order valence-corrected chi connectivity index (χ4v) is 1.73. The van der Waals surface area contributed by atoms with Gasteiger partial charge in [0.1, 0.15) is 11.6 Å². The van der Waals surface area contributed by atoms with E-state index in [1.807, 2.05) is 6.92 Å². The van der Waals surface area contributed by atoms with E-state index in [-0.39, 0.29) is 18.7 Å². The average Bonchev–Trinajstić information content (AvgIpc) is 2.29. The number of aliphatic hydroxyl groups excluding tert-OH is 1. The van der Waals surface area contributed by atoms with Gasteiger partial charge in [0.05, 0.1) is 18.7 Å².